The molecule has 1 N–H and O–H groups in total. The maximum atomic E-state index is 12.9. The van der Waals surface area contributed by atoms with Crippen LogP contribution in [0.2, 0.25) is 0 Å². The molecule has 4 rings (SSSR count). The van der Waals surface area contributed by atoms with Gasteiger partial charge < -0.3 is 14.3 Å². The Labute approximate surface area is 138 Å². The normalized spacial score (nSPS) is 27.0. The molecule has 3 amide bonds. The van der Waals surface area contributed by atoms with Gasteiger partial charge in [0.2, 0.25) is 0 Å². The van der Waals surface area contributed by atoms with E-state index in [1.54, 1.807) is 12.1 Å². The van der Waals surface area contributed by atoms with Crippen molar-refractivity contribution < 1.29 is 18.5 Å². The number of rotatable bonds is 3. The van der Waals surface area contributed by atoms with E-state index in [1.165, 1.54) is 11.2 Å². The number of nitrogens with zero attached hydrogens (tertiary/aromatic N) is 3. The van der Waals surface area contributed by atoms with Gasteiger partial charge in [-0.1, -0.05) is 24.9 Å². The lowest BCUT2D eigenvalue weighted by Gasteiger charge is -2.36. The van der Waals surface area contributed by atoms with Crippen molar-refractivity contribution in [2.24, 2.45) is 5.92 Å². The van der Waals surface area contributed by atoms with E-state index in [0.29, 0.717) is 12.2 Å². The zero-order valence-electron chi connectivity index (χ0n) is 13.3. The second-order valence-corrected chi connectivity index (χ2v) is 6.43. The summed E-state index contributed by atoms with van der Waals surface area (Å²) in [5.41, 5.74) is -0.775. The van der Waals surface area contributed by atoms with Gasteiger partial charge in [0.05, 0.1) is 12.8 Å². The minimum absolute atomic E-state index is 0.0106. The molecule has 0 aromatic carbocycles. The summed E-state index contributed by atoms with van der Waals surface area (Å²) in [5.74, 6) is 0.872. The fourth-order valence-corrected chi connectivity index (χ4v) is 3.60. The average Bonchev–Trinajstić information content (AvgIpc) is 3.28. The molecule has 1 aliphatic carbocycles. The minimum atomic E-state index is -0.775. The molecular formula is C16H18N4O4. The number of furan rings is 1. The molecule has 2 aliphatic rings. The number of aromatic nitrogens is 2. The number of hydrogen-bond donors (Lipinski definition) is 1. The van der Waals surface area contributed by atoms with Gasteiger partial charge in [0, 0.05) is 0 Å². The number of amides is 3. The van der Waals surface area contributed by atoms with Crippen LogP contribution < -0.4 is 5.32 Å². The van der Waals surface area contributed by atoms with E-state index in [4.69, 9.17) is 8.94 Å². The van der Waals surface area contributed by atoms with Crippen LogP contribution in [-0.4, -0.2) is 32.5 Å². The van der Waals surface area contributed by atoms with Crippen molar-refractivity contribution in [2.75, 3.05) is 0 Å². The summed E-state index contributed by atoms with van der Waals surface area (Å²) >= 11 is 0. The van der Waals surface area contributed by atoms with Gasteiger partial charge in [-0.15, -0.1) is 0 Å². The Morgan fingerprint density at radius 1 is 1.42 bits per heavy atom. The molecule has 2 fully saturated rings. The number of carbonyl (C=O) groups is 2. The summed E-state index contributed by atoms with van der Waals surface area (Å²) in [6, 6.07) is 3.02. The Bertz CT molecular complexity index is 769. The average molecular weight is 330 g/mol. The Morgan fingerprint density at radius 2 is 2.29 bits per heavy atom. The molecule has 1 saturated heterocycles. The minimum Gasteiger partial charge on any atom is -0.459 e. The number of urea groups is 1. The van der Waals surface area contributed by atoms with Crippen molar-refractivity contribution in [1.82, 2.24) is 20.4 Å². The summed E-state index contributed by atoms with van der Waals surface area (Å²) in [4.78, 5) is 30.6. The van der Waals surface area contributed by atoms with E-state index in [1.807, 2.05) is 6.92 Å². The van der Waals surface area contributed by atoms with Crippen molar-refractivity contribution in [3.05, 3.63) is 24.2 Å². The maximum absolute atomic E-state index is 12.9. The topological polar surface area (TPSA) is 101 Å². The third kappa shape index (κ3) is 2.21. The van der Waals surface area contributed by atoms with E-state index in [0.717, 1.165) is 19.3 Å². The van der Waals surface area contributed by atoms with Gasteiger partial charge in [-0.2, -0.15) is 4.98 Å². The quantitative estimate of drug-likeness (QED) is 0.867. The molecule has 24 heavy (non-hydrogen) atoms. The zero-order valence-corrected chi connectivity index (χ0v) is 13.3. The van der Waals surface area contributed by atoms with E-state index in [2.05, 4.69) is 15.5 Å². The number of imide groups is 1. The fraction of sp³-hybridized carbons (Fsp3) is 0.500. The van der Waals surface area contributed by atoms with Crippen LogP contribution in [0.4, 0.5) is 4.79 Å². The molecule has 2 aromatic rings. The molecular weight excluding hydrogens is 312 g/mol. The molecule has 0 bridgehead atoms. The van der Waals surface area contributed by atoms with Gasteiger partial charge in [0.15, 0.2) is 11.6 Å². The highest BCUT2D eigenvalue weighted by Gasteiger charge is 2.55. The SMILES string of the molecule is C[C@H]1CCCC[C@]12NC(=O)N(Cc1noc(-c3ccco3)n1)C2=O. The summed E-state index contributed by atoms with van der Waals surface area (Å²) in [7, 11) is 0. The first kappa shape index (κ1) is 14.9. The van der Waals surface area contributed by atoms with Crippen LogP contribution in [0.1, 0.15) is 38.4 Å². The predicted octanol–water partition coefficient (Wildman–Crippen LogP) is 2.33. The molecule has 2 atom stereocenters. The third-order valence-corrected chi connectivity index (χ3v) is 5.00. The van der Waals surface area contributed by atoms with E-state index in [9.17, 15) is 9.59 Å². The highest BCUT2D eigenvalue weighted by Crippen LogP contribution is 2.38. The Hall–Kier alpha value is -2.64. The van der Waals surface area contributed by atoms with Crippen molar-refractivity contribution in [1.29, 1.82) is 0 Å². The van der Waals surface area contributed by atoms with Crippen LogP contribution in [0.15, 0.2) is 27.3 Å². The molecule has 8 nitrogen and oxygen atoms in total. The van der Waals surface area contributed by atoms with Crippen molar-refractivity contribution >= 4 is 11.9 Å². The third-order valence-electron chi connectivity index (χ3n) is 5.00. The van der Waals surface area contributed by atoms with Crippen molar-refractivity contribution in [3.63, 3.8) is 0 Å². The molecule has 0 unspecified atom stereocenters. The molecule has 126 valence electrons. The van der Waals surface area contributed by atoms with E-state index < -0.39 is 11.6 Å². The smallest absolute Gasteiger partial charge is 0.325 e. The summed E-state index contributed by atoms with van der Waals surface area (Å²) in [6.45, 7) is 2.01. The second kappa shape index (κ2) is 5.47. The molecule has 1 saturated carbocycles. The van der Waals surface area contributed by atoms with Crippen molar-refractivity contribution in [3.8, 4) is 11.7 Å². The summed E-state index contributed by atoms with van der Waals surface area (Å²) in [5, 5.41) is 6.74. The van der Waals surface area contributed by atoms with Gasteiger partial charge in [-0.05, 0) is 30.9 Å². The van der Waals surface area contributed by atoms with Crippen LogP contribution in [0.25, 0.3) is 11.7 Å². The molecule has 1 aliphatic heterocycles. The van der Waals surface area contributed by atoms with Crippen LogP contribution in [0.3, 0.4) is 0 Å². The van der Waals surface area contributed by atoms with E-state index in [-0.39, 0.29) is 30.1 Å². The van der Waals surface area contributed by atoms with Gasteiger partial charge in [0.25, 0.3) is 11.8 Å². The lowest BCUT2D eigenvalue weighted by Crippen LogP contribution is -2.53. The number of carbonyl (C=O) groups excluding carboxylic acids is 2. The molecule has 0 radical (unpaired) electrons. The van der Waals surface area contributed by atoms with Crippen LogP contribution in [0.5, 0.6) is 0 Å². The van der Waals surface area contributed by atoms with Crippen LogP contribution >= 0.6 is 0 Å². The first-order valence-electron chi connectivity index (χ1n) is 8.11. The van der Waals surface area contributed by atoms with Gasteiger partial charge in [-0.25, -0.2) is 4.79 Å². The Morgan fingerprint density at radius 3 is 3.04 bits per heavy atom. The first-order valence-corrected chi connectivity index (χ1v) is 8.11. The van der Waals surface area contributed by atoms with E-state index >= 15 is 0 Å². The number of hydrogen-bond acceptors (Lipinski definition) is 6. The van der Waals surface area contributed by atoms with Crippen molar-refractivity contribution in [2.45, 2.75) is 44.7 Å². The maximum Gasteiger partial charge on any atom is 0.325 e. The number of nitrogens with one attached hydrogen (secondary N) is 1. The fourth-order valence-electron chi connectivity index (χ4n) is 3.60. The lowest BCUT2D eigenvalue weighted by atomic mass is 9.73. The zero-order chi connectivity index (χ0) is 16.7. The van der Waals surface area contributed by atoms with Gasteiger partial charge in [-0.3, -0.25) is 9.69 Å². The molecule has 3 heterocycles. The Kier molecular flexibility index (Phi) is 3.40. The monoisotopic (exact) mass is 330 g/mol. The second-order valence-electron chi connectivity index (χ2n) is 6.43. The standard InChI is InChI=1S/C16H18N4O4/c1-10-5-2-3-7-16(10)14(21)20(15(22)18-16)9-12-17-13(24-19-12)11-6-4-8-23-11/h4,6,8,10H,2-3,5,7,9H2,1H3,(H,18,22)/t10-,16-/m0/s1. The largest absolute Gasteiger partial charge is 0.459 e. The van der Waals surface area contributed by atoms with Crippen LogP contribution in [-0.2, 0) is 11.3 Å². The van der Waals surface area contributed by atoms with Gasteiger partial charge >= 0.3 is 6.03 Å². The first-order chi connectivity index (χ1) is 11.6. The summed E-state index contributed by atoms with van der Waals surface area (Å²) < 4.78 is 10.3. The molecule has 1 spiro atoms. The van der Waals surface area contributed by atoms with Crippen LogP contribution in [0, 0.1) is 5.92 Å². The Balaban J connectivity index is 1.55. The lowest BCUT2D eigenvalue weighted by molar-refractivity contribution is -0.134. The summed E-state index contributed by atoms with van der Waals surface area (Å²) in [6.07, 6.45) is 5.15. The van der Waals surface area contributed by atoms with Gasteiger partial charge in [0.1, 0.15) is 5.54 Å². The highest BCUT2D eigenvalue weighted by molar-refractivity contribution is 6.07. The molecule has 2 aromatic heterocycles. The highest BCUT2D eigenvalue weighted by atomic mass is 16.5. The predicted molar refractivity (Wildman–Crippen MR) is 81.4 cm³/mol. The molecule has 8 heteroatoms.